The van der Waals surface area contributed by atoms with Gasteiger partial charge in [0.15, 0.2) is 5.58 Å². The molecule has 1 saturated heterocycles. The zero-order valence-electron chi connectivity index (χ0n) is 17.2. The summed E-state index contributed by atoms with van der Waals surface area (Å²) in [5.41, 5.74) is 1.07. The van der Waals surface area contributed by atoms with Crippen LogP contribution in [0.15, 0.2) is 33.7 Å². The number of hydrogen-bond donors (Lipinski definition) is 0. The third kappa shape index (κ3) is 3.19. The van der Waals surface area contributed by atoms with E-state index in [9.17, 15) is 9.59 Å². The molecule has 2 aliphatic carbocycles. The fourth-order valence-corrected chi connectivity index (χ4v) is 5.49. The van der Waals surface area contributed by atoms with E-state index < -0.39 is 5.76 Å². The lowest BCUT2D eigenvalue weighted by atomic mass is 9.62. The van der Waals surface area contributed by atoms with E-state index >= 15 is 0 Å². The van der Waals surface area contributed by atoms with Gasteiger partial charge in [-0.1, -0.05) is 18.0 Å². The molecule has 0 bridgehead atoms. The third-order valence-corrected chi connectivity index (χ3v) is 7.62. The summed E-state index contributed by atoms with van der Waals surface area (Å²) >= 11 is 6.00. The molecule has 2 aromatic heterocycles. The molecule has 1 aromatic carbocycles. The molecule has 9 heteroatoms. The van der Waals surface area contributed by atoms with Crippen molar-refractivity contribution in [1.29, 1.82) is 0 Å². The van der Waals surface area contributed by atoms with Gasteiger partial charge >= 0.3 is 5.76 Å². The zero-order chi connectivity index (χ0) is 21.2. The molecule has 1 aliphatic heterocycles. The highest BCUT2D eigenvalue weighted by molar-refractivity contribution is 6.31. The predicted octanol–water partition coefficient (Wildman–Crippen LogP) is 3.05. The quantitative estimate of drug-likeness (QED) is 0.607. The molecule has 0 radical (unpaired) electrons. The Morgan fingerprint density at radius 2 is 2.13 bits per heavy atom. The van der Waals surface area contributed by atoms with Crippen LogP contribution in [-0.4, -0.2) is 43.2 Å². The van der Waals surface area contributed by atoms with Gasteiger partial charge in [-0.05, 0) is 49.1 Å². The first-order valence-corrected chi connectivity index (χ1v) is 11.3. The molecule has 1 atom stereocenters. The fourth-order valence-electron chi connectivity index (χ4n) is 5.33. The van der Waals surface area contributed by atoms with E-state index in [4.69, 9.17) is 16.0 Å². The normalized spacial score (nSPS) is 22.4. The minimum Gasteiger partial charge on any atom is -0.408 e. The second-order valence-corrected chi connectivity index (χ2v) is 9.83. The Kier molecular flexibility index (Phi) is 4.28. The summed E-state index contributed by atoms with van der Waals surface area (Å²) in [5, 5.41) is 9.17. The number of aromatic nitrogens is 4. The summed E-state index contributed by atoms with van der Waals surface area (Å²) in [6.07, 6.45) is 7.78. The van der Waals surface area contributed by atoms with Crippen molar-refractivity contribution in [3.05, 3.63) is 45.9 Å². The number of oxazole rings is 1. The minimum absolute atomic E-state index is 0.0367. The maximum atomic E-state index is 13.2. The first-order valence-electron chi connectivity index (χ1n) is 11.0. The van der Waals surface area contributed by atoms with Crippen molar-refractivity contribution < 1.29 is 9.21 Å². The summed E-state index contributed by atoms with van der Waals surface area (Å²) in [7, 11) is 0. The van der Waals surface area contributed by atoms with Gasteiger partial charge in [0, 0.05) is 36.6 Å². The van der Waals surface area contributed by atoms with E-state index in [2.05, 4.69) is 14.8 Å². The number of rotatable bonds is 5. The largest absolute Gasteiger partial charge is 0.420 e. The highest BCUT2D eigenvalue weighted by Crippen LogP contribution is 2.55. The zero-order valence-corrected chi connectivity index (χ0v) is 17.9. The first-order chi connectivity index (χ1) is 15.0. The molecule has 3 fully saturated rings. The van der Waals surface area contributed by atoms with Crippen LogP contribution in [0.2, 0.25) is 5.02 Å². The van der Waals surface area contributed by atoms with Gasteiger partial charge in [-0.3, -0.25) is 9.36 Å². The van der Waals surface area contributed by atoms with Crippen molar-refractivity contribution in [1.82, 2.24) is 24.2 Å². The van der Waals surface area contributed by atoms with Crippen LogP contribution in [0.1, 0.15) is 43.8 Å². The Bertz CT molecular complexity index is 1220. The Morgan fingerprint density at radius 3 is 2.87 bits per heavy atom. The second kappa shape index (κ2) is 6.95. The number of benzene rings is 1. The van der Waals surface area contributed by atoms with Crippen molar-refractivity contribution in [3.63, 3.8) is 0 Å². The molecule has 3 aromatic rings. The number of hydrogen-bond acceptors (Lipinski definition) is 5. The lowest BCUT2D eigenvalue weighted by molar-refractivity contribution is -0.131. The molecule has 3 heterocycles. The molecule has 0 N–H and O–H groups in total. The topological polar surface area (TPSA) is 86.2 Å². The monoisotopic (exact) mass is 441 g/mol. The highest BCUT2D eigenvalue weighted by Gasteiger charge is 2.53. The molecule has 8 nitrogen and oxygen atoms in total. The van der Waals surface area contributed by atoms with Crippen LogP contribution >= 0.6 is 11.6 Å². The smallest absolute Gasteiger partial charge is 0.408 e. The van der Waals surface area contributed by atoms with E-state index in [1.54, 1.807) is 18.2 Å². The molecule has 162 valence electrons. The molecule has 2 saturated carbocycles. The highest BCUT2D eigenvalue weighted by atomic mass is 35.5. The Morgan fingerprint density at radius 1 is 1.29 bits per heavy atom. The van der Waals surface area contributed by atoms with Crippen LogP contribution in [0.4, 0.5) is 0 Å². The van der Waals surface area contributed by atoms with Crippen molar-refractivity contribution in [2.45, 2.75) is 51.1 Å². The van der Waals surface area contributed by atoms with E-state index in [1.165, 1.54) is 23.8 Å². The number of carbonyl (C=O) groups excluding carboxylic acids is 1. The predicted molar refractivity (Wildman–Crippen MR) is 114 cm³/mol. The van der Waals surface area contributed by atoms with E-state index in [0.717, 1.165) is 31.1 Å². The van der Waals surface area contributed by atoms with Gasteiger partial charge in [-0.15, -0.1) is 10.2 Å². The van der Waals surface area contributed by atoms with Gasteiger partial charge in [0.05, 0.1) is 5.52 Å². The summed E-state index contributed by atoms with van der Waals surface area (Å²) in [4.78, 5) is 27.5. The number of fused-ring (bicyclic) bond motifs is 1. The maximum Gasteiger partial charge on any atom is 0.420 e. The van der Waals surface area contributed by atoms with E-state index in [1.807, 2.05) is 11.2 Å². The molecule has 6 rings (SSSR count). The number of amides is 1. The van der Waals surface area contributed by atoms with Crippen LogP contribution in [0.3, 0.4) is 0 Å². The van der Waals surface area contributed by atoms with Gasteiger partial charge in [0.25, 0.3) is 0 Å². The summed E-state index contributed by atoms with van der Waals surface area (Å²) in [6, 6.07) is 5.01. The standard InChI is InChI=1S/C22H24ClN5O3/c23-15-4-5-17-18(8-15)31-21(30)28(17)11-19(29)26-10-16(22(12-26)6-1-7-22)20-25-24-13-27(20)9-14-2-3-14/h4-5,8,13-14,16H,1-3,6-7,9-12H2. The number of halogens is 1. The van der Waals surface area contributed by atoms with Gasteiger partial charge in [-0.2, -0.15) is 0 Å². The van der Waals surface area contributed by atoms with Crippen LogP contribution < -0.4 is 5.76 Å². The summed E-state index contributed by atoms with van der Waals surface area (Å²) < 4.78 is 8.88. The Hall–Kier alpha value is -2.61. The average Bonchev–Trinajstić information content (AvgIpc) is 3.13. The summed E-state index contributed by atoms with van der Waals surface area (Å²) in [5.74, 6) is 1.34. The van der Waals surface area contributed by atoms with Gasteiger partial charge in [0.1, 0.15) is 18.7 Å². The van der Waals surface area contributed by atoms with Crippen LogP contribution in [0, 0.1) is 11.3 Å². The second-order valence-electron chi connectivity index (χ2n) is 9.39. The van der Waals surface area contributed by atoms with Crippen LogP contribution in [-0.2, 0) is 17.9 Å². The van der Waals surface area contributed by atoms with E-state index in [0.29, 0.717) is 29.2 Å². The maximum absolute atomic E-state index is 13.2. The third-order valence-electron chi connectivity index (χ3n) is 7.38. The van der Waals surface area contributed by atoms with Gasteiger partial charge in [-0.25, -0.2) is 4.79 Å². The van der Waals surface area contributed by atoms with E-state index in [-0.39, 0.29) is 23.8 Å². The lowest BCUT2D eigenvalue weighted by Gasteiger charge is -2.42. The average molecular weight is 442 g/mol. The van der Waals surface area contributed by atoms with Crippen LogP contribution in [0.5, 0.6) is 0 Å². The fraction of sp³-hybridized carbons (Fsp3) is 0.545. The Labute approximate surface area is 183 Å². The molecule has 3 aliphatic rings. The van der Waals surface area contributed by atoms with Crippen LogP contribution in [0.25, 0.3) is 11.1 Å². The molecule has 1 unspecified atom stereocenters. The van der Waals surface area contributed by atoms with Gasteiger partial charge in [0.2, 0.25) is 5.91 Å². The van der Waals surface area contributed by atoms with Gasteiger partial charge < -0.3 is 13.9 Å². The molecular weight excluding hydrogens is 418 g/mol. The van der Waals surface area contributed by atoms with Crippen molar-refractivity contribution >= 4 is 28.6 Å². The molecule has 31 heavy (non-hydrogen) atoms. The molecule has 1 spiro atoms. The van der Waals surface area contributed by atoms with Crippen molar-refractivity contribution in [2.75, 3.05) is 13.1 Å². The van der Waals surface area contributed by atoms with Crippen molar-refractivity contribution in [3.8, 4) is 0 Å². The van der Waals surface area contributed by atoms with Crippen molar-refractivity contribution in [2.24, 2.45) is 11.3 Å². The molecular formula is C22H24ClN5O3. The SMILES string of the molecule is O=C(Cn1c(=O)oc2cc(Cl)ccc21)N1CC(c2nncn2CC2CC2)C2(CCC2)C1. The Balaban J connectivity index is 1.26. The number of likely N-dealkylation sites (tertiary alicyclic amines) is 1. The number of carbonyl (C=O) groups is 1. The summed E-state index contributed by atoms with van der Waals surface area (Å²) in [6.45, 7) is 2.27. The first kappa shape index (κ1) is 19.1. The lowest BCUT2D eigenvalue weighted by Crippen LogP contribution is -2.39. The minimum atomic E-state index is -0.538. The number of nitrogens with zero attached hydrogens (tertiary/aromatic N) is 5. The molecule has 1 amide bonds.